The Kier molecular flexibility index (Phi) is 7.88. The molecule has 0 unspecified atom stereocenters. The quantitative estimate of drug-likeness (QED) is 0.712. The van der Waals surface area contributed by atoms with E-state index in [2.05, 4.69) is 4.74 Å². The second-order valence-electron chi connectivity index (χ2n) is 5.65. The van der Waals surface area contributed by atoms with E-state index in [0.29, 0.717) is 18.3 Å². The van der Waals surface area contributed by atoms with E-state index in [9.17, 15) is 27.6 Å². The van der Waals surface area contributed by atoms with Gasteiger partial charge in [-0.3, -0.25) is 10.1 Å². The molecule has 26 heavy (non-hydrogen) atoms. The molecule has 10 heteroatoms. The van der Waals surface area contributed by atoms with E-state index >= 15 is 0 Å². The van der Waals surface area contributed by atoms with Gasteiger partial charge in [0.25, 0.3) is 5.91 Å². The average Bonchev–Trinajstić information content (AvgIpc) is 2.56. The second kappa shape index (κ2) is 9.64. The summed E-state index contributed by atoms with van der Waals surface area (Å²) in [5.74, 6) is -0.984. The van der Waals surface area contributed by atoms with Crippen molar-refractivity contribution >= 4 is 17.9 Å². The maximum Gasteiger partial charge on any atom is 0.405 e. The molecule has 144 valence electrons. The van der Waals surface area contributed by atoms with Gasteiger partial charge >= 0.3 is 18.2 Å². The predicted octanol–water partition coefficient (Wildman–Crippen LogP) is 2.27. The molecule has 0 aliphatic rings. The fraction of sp³-hybridized carbons (Fsp3) is 0.438. The molecule has 1 rings (SSSR count). The summed E-state index contributed by atoms with van der Waals surface area (Å²) in [5.41, 5.74) is 0.149. The van der Waals surface area contributed by atoms with Crippen molar-refractivity contribution in [2.24, 2.45) is 5.92 Å². The van der Waals surface area contributed by atoms with E-state index in [1.165, 1.54) is 17.4 Å². The first kappa shape index (κ1) is 21.3. The highest BCUT2D eigenvalue weighted by Crippen LogP contribution is 2.14. The van der Waals surface area contributed by atoms with Gasteiger partial charge in [0.2, 0.25) is 0 Å². The molecule has 0 radical (unpaired) electrons. The number of benzene rings is 1. The molecule has 1 aromatic carbocycles. The van der Waals surface area contributed by atoms with Crippen molar-refractivity contribution < 1.29 is 37.0 Å². The van der Waals surface area contributed by atoms with Crippen LogP contribution in [0, 0.1) is 5.92 Å². The smallest absolute Gasteiger partial charge is 0.405 e. The van der Waals surface area contributed by atoms with Crippen LogP contribution in [0.5, 0.6) is 5.75 Å². The summed E-state index contributed by atoms with van der Waals surface area (Å²) in [6, 6.07) is 4.65. The van der Waals surface area contributed by atoms with Gasteiger partial charge < -0.3 is 14.8 Å². The van der Waals surface area contributed by atoms with E-state index in [0.717, 1.165) is 0 Å². The van der Waals surface area contributed by atoms with Crippen molar-refractivity contribution in [1.29, 1.82) is 0 Å². The lowest BCUT2D eigenvalue weighted by atomic mass is 10.2. The number of carbonyl (C=O) groups is 3. The van der Waals surface area contributed by atoms with E-state index in [4.69, 9.17) is 4.74 Å². The van der Waals surface area contributed by atoms with Gasteiger partial charge in [-0.1, -0.05) is 13.8 Å². The Morgan fingerprint density at radius 1 is 1.12 bits per heavy atom. The maximum absolute atomic E-state index is 11.9. The first-order valence-corrected chi connectivity index (χ1v) is 7.61. The highest BCUT2D eigenvalue weighted by atomic mass is 19.4. The molecule has 0 bridgehead atoms. The van der Waals surface area contributed by atoms with E-state index in [-0.39, 0.29) is 5.56 Å². The van der Waals surface area contributed by atoms with Gasteiger partial charge in [-0.15, -0.1) is 0 Å². The first-order chi connectivity index (χ1) is 12.1. The Balaban J connectivity index is 2.38. The number of alkyl halides is 3. The van der Waals surface area contributed by atoms with E-state index < -0.39 is 37.2 Å². The number of amides is 3. The summed E-state index contributed by atoms with van der Waals surface area (Å²) < 4.78 is 45.8. The Labute approximate surface area is 147 Å². The van der Waals surface area contributed by atoms with Crippen LogP contribution in [0.25, 0.3) is 0 Å². The summed E-state index contributed by atoms with van der Waals surface area (Å²) in [6.07, 6.45) is -4.60. The van der Waals surface area contributed by atoms with Gasteiger partial charge in [0.05, 0.1) is 12.2 Å². The Morgan fingerprint density at radius 3 is 2.27 bits per heavy atom. The average molecular weight is 376 g/mol. The number of esters is 1. The SMILES string of the molecule is CC(C)COc1ccc(C(=O)OCC(=O)NC(=O)NCC(F)(F)F)cc1. The zero-order valence-corrected chi connectivity index (χ0v) is 14.2. The molecular weight excluding hydrogens is 357 g/mol. The van der Waals surface area contributed by atoms with Crippen LogP contribution in [0.2, 0.25) is 0 Å². The molecule has 0 aliphatic carbocycles. The first-order valence-electron chi connectivity index (χ1n) is 7.61. The molecule has 0 saturated carbocycles. The van der Waals surface area contributed by atoms with E-state index in [1.807, 2.05) is 13.8 Å². The summed E-state index contributed by atoms with van der Waals surface area (Å²) in [4.78, 5) is 34.2. The number of carbonyl (C=O) groups excluding carboxylic acids is 3. The molecular formula is C16H19F3N2O5. The molecule has 7 nitrogen and oxygen atoms in total. The lowest BCUT2D eigenvalue weighted by Crippen LogP contribution is -2.44. The van der Waals surface area contributed by atoms with Gasteiger partial charge in [0, 0.05) is 0 Å². The van der Waals surface area contributed by atoms with Crippen LogP contribution in [-0.4, -0.2) is 43.8 Å². The topological polar surface area (TPSA) is 93.7 Å². The standard InChI is InChI=1S/C16H19F3N2O5/c1-10(2)7-25-12-5-3-11(4-6-12)14(23)26-8-13(22)21-15(24)20-9-16(17,18)19/h3-6,10H,7-9H2,1-2H3,(H2,20,21,22,24). The number of imide groups is 1. The number of rotatable bonds is 7. The number of ether oxygens (including phenoxy) is 2. The highest BCUT2D eigenvalue weighted by Gasteiger charge is 2.28. The lowest BCUT2D eigenvalue weighted by Gasteiger charge is -2.10. The number of nitrogens with one attached hydrogen (secondary N) is 2. The van der Waals surface area contributed by atoms with Crippen LogP contribution in [0.3, 0.4) is 0 Å². The third-order valence-electron chi connectivity index (χ3n) is 2.71. The molecule has 1 aromatic rings. The van der Waals surface area contributed by atoms with Gasteiger partial charge in [-0.25, -0.2) is 9.59 Å². The minimum atomic E-state index is -4.60. The van der Waals surface area contributed by atoms with Crippen molar-refractivity contribution in [1.82, 2.24) is 10.6 Å². The van der Waals surface area contributed by atoms with Crippen LogP contribution in [0.15, 0.2) is 24.3 Å². The number of hydrogen-bond donors (Lipinski definition) is 2. The van der Waals surface area contributed by atoms with Crippen LogP contribution in [0.4, 0.5) is 18.0 Å². The third-order valence-corrected chi connectivity index (χ3v) is 2.71. The van der Waals surface area contributed by atoms with Crippen LogP contribution in [-0.2, 0) is 9.53 Å². The zero-order valence-electron chi connectivity index (χ0n) is 14.2. The number of hydrogen-bond acceptors (Lipinski definition) is 5. The number of halogens is 3. The number of urea groups is 1. The monoisotopic (exact) mass is 376 g/mol. The lowest BCUT2D eigenvalue weighted by molar-refractivity contribution is -0.125. The minimum absolute atomic E-state index is 0.149. The fourth-order valence-corrected chi connectivity index (χ4v) is 1.55. The summed E-state index contributed by atoms with van der Waals surface area (Å²) in [5, 5.41) is 3.06. The van der Waals surface area contributed by atoms with Gasteiger partial charge in [0.15, 0.2) is 6.61 Å². The van der Waals surface area contributed by atoms with Gasteiger partial charge in [-0.05, 0) is 30.2 Å². The molecule has 0 spiro atoms. The Morgan fingerprint density at radius 2 is 1.73 bits per heavy atom. The van der Waals surface area contributed by atoms with E-state index in [1.54, 1.807) is 17.4 Å². The van der Waals surface area contributed by atoms with Crippen LogP contribution < -0.4 is 15.4 Å². The van der Waals surface area contributed by atoms with Crippen LogP contribution in [0.1, 0.15) is 24.2 Å². The fourth-order valence-electron chi connectivity index (χ4n) is 1.55. The van der Waals surface area contributed by atoms with Gasteiger partial charge in [0.1, 0.15) is 12.3 Å². The molecule has 3 amide bonds. The van der Waals surface area contributed by atoms with Crippen LogP contribution >= 0.6 is 0 Å². The van der Waals surface area contributed by atoms with Crippen molar-refractivity contribution in [3.8, 4) is 5.75 Å². The normalized spacial score (nSPS) is 11.0. The van der Waals surface area contributed by atoms with Gasteiger partial charge in [-0.2, -0.15) is 13.2 Å². The van der Waals surface area contributed by atoms with Crippen molar-refractivity contribution in [3.05, 3.63) is 29.8 Å². The predicted molar refractivity (Wildman–Crippen MR) is 84.7 cm³/mol. The largest absolute Gasteiger partial charge is 0.493 e. The molecule has 0 aromatic heterocycles. The van der Waals surface area contributed by atoms with Crippen molar-refractivity contribution in [2.75, 3.05) is 19.8 Å². The molecule has 0 saturated heterocycles. The Hall–Kier alpha value is -2.78. The minimum Gasteiger partial charge on any atom is -0.493 e. The second-order valence-corrected chi connectivity index (χ2v) is 5.65. The summed E-state index contributed by atoms with van der Waals surface area (Å²) in [6.45, 7) is 2.09. The zero-order chi connectivity index (χ0) is 19.7. The molecule has 0 atom stereocenters. The molecule has 2 N–H and O–H groups in total. The third kappa shape index (κ3) is 8.90. The molecule has 0 aliphatic heterocycles. The molecule has 0 heterocycles. The van der Waals surface area contributed by atoms with Crippen molar-refractivity contribution in [2.45, 2.75) is 20.0 Å². The maximum atomic E-state index is 11.9. The summed E-state index contributed by atoms with van der Waals surface area (Å²) in [7, 11) is 0. The summed E-state index contributed by atoms with van der Waals surface area (Å²) >= 11 is 0. The van der Waals surface area contributed by atoms with Crippen molar-refractivity contribution in [3.63, 3.8) is 0 Å². The Bertz CT molecular complexity index is 630. The molecule has 0 fully saturated rings. The highest BCUT2D eigenvalue weighted by molar-refractivity contribution is 5.97.